The minimum atomic E-state index is 0.485. The van der Waals surface area contributed by atoms with E-state index in [1.165, 1.54) is 25.7 Å². The lowest BCUT2D eigenvalue weighted by Crippen LogP contribution is -2.15. The average molecular weight is 263 g/mol. The lowest BCUT2D eigenvalue weighted by molar-refractivity contribution is 0.0659. The van der Waals surface area contributed by atoms with Crippen LogP contribution >= 0.6 is 11.3 Å². The van der Waals surface area contributed by atoms with Gasteiger partial charge in [0, 0.05) is 6.54 Å². The maximum absolute atomic E-state index is 5.81. The lowest BCUT2D eigenvalue weighted by atomic mass is 10.3. The number of thiophene rings is 1. The largest absolute Gasteiger partial charge is 0.376 e. The molecule has 0 spiro atoms. The van der Waals surface area contributed by atoms with Crippen LogP contribution in [-0.2, 0) is 4.74 Å². The Balaban J connectivity index is 1.51. The molecular weight excluding hydrogens is 246 g/mol. The number of hydrogen-bond donors (Lipinski definition) is 1. The van der Waals surface area contributed by atoms with Gasteiger partial charge in [-0.05, 0) is 24.3 Å². The highest BCUT2D eigenvalue weighted by Crippen LogP contribution is 2.23. The molecule has 0 saturated heterocycles. The van der Waals surface area contributed by atoms with E-state index in [0.717, 1.165) is 29.2 Å². The van der Waals surface area contributed by atoms with Crippen LogP contribution in [0.3, 0.4) is 0 Å². The molecule has 0 amide bonds. The van der Waals surface area contributed by atoms with E-state index < -0.39 is 0 Å². The first-order valence-corrected chi connectivity index (χ1v) is 7.35. The zero-order chi connectivity index (χ0) is 12.2. The summed E-state index contributed by atoms with van der Waals surface area (Å²) in [6.07, 6.45) is 7.18. The summed E-state index contributed by atoms with van der Waals surface area (Å²) in [5.74, 6) is 0.913. The number of fused-ring (bicyclic) bond motifs is 1. The van der Waals surface area contributed by atoms with E-state index in [9.17, 15) is 0 Å². The zero-order valence-corrected chi connectivity index (χ0v) is 11.1. The first-order chi connectivity index (χ1) is 8.93. The lowest BCUT2D eigenvalue weighted by Gasteiger charge is -2.11. The molecule has 0 aromatic carbocycles. The summed E-state index contributed by atoms with van der Waals surface area (Å²) in [5, 5.41) is 6.47. The van der Waals surface area contributed by atoms with Gasteiger partial charge in [-0.15, -0.1) is 11.3 Å². The highest BCUT2D eigenvalue weighted by atomic mass is 32.1. The number of hydrogen-bond acceptors (Lipinski definition) is 5. The predicted molar refractivity (Wildman–Crippen MR) is 74.1 cm³/mol. The summed E-state index contributed by atoms with van der Waals surface area (Å²) >= 11 is 1.64. The molecule has 5 heteroatoms. The summed E-state index contributed by atoms with van der Waals surface area (Å²) in [7, 11) is 0. The van der Waals surface area contributed by atoms with Gasteiger partial charge in [0.25, 0.3) is 0 Å². The molecule has 1 aliphatic carbocycles. The molecule has 18 heavy (non-hydrogen) atoms. The molecule has 0 aliphatic heterocycles. The topological polar surface area (TPSA) is 47.0 Å². The highest BCUT2D eigenvalue weighted by Gasteiger charge is 2.14. The predicted octanol–water partition coefficient (Wildman–Crippen LogP) is 3.06. The highest BCUT2D eigenvalue weighted by molar-refractivity contribution is 7.16. The van der Waals surface area contributed by atoms with Crippen molar-refractivity contribution in [2.24, 2.45) is 0 Å². The number of rotatable bonds is 5. The van der Waals surface area contributed by atoms with Gasteiger partial charge in [-0.25, -0.2) is 9.97 Å². The fourth-order valence-corrected chi connectivity index (χ4v) is 3.11. The third kappa shape index (κ3) is 2.62. The van der Waals surface area contributed by atoms with E-state index in [1.807, 2.05) is 5.38 Å². The summed E-state index contributed by atoms with van der Waals surface area (Å²) < 4.78 is 5.81. The Morgan fingerprint density at radius 2 is 2.22 bits per heavy atom. The first kappa shape index (κ1) is 11.9. The number of anilines is 1. The van der Waals surface area contributed by atoms with E-state index in [4.69, 9.17) is 4.74 Å². The van der Waals surface area contributed by atoms with E-state index in [1.54, 1.807) is 17.7 Å². The molecule has 3 rings (SSSR count). The van der Waals surface area contributed by atoms with Gasteiger partial charge in [0.05, 0.1) is 18.1 Å². The molecule has 1 fully saturated rings. The Hall–Kier alpha value is -1.20. The van der Waals surface area contributed by atoms with Crippen LogP contribution in [-0.4, -0.2) is 29.2 Å². The molecule has 96 valence electrons. The first-order valence-electron chi connectivity index (χ1n) is 6.47. The van der Waals surface area contributed by atoms with Crippen molar-refractivity contribution in [1.29, 1.82) is 0 Å². The average Bonchev–Trinajstić information content (AvgIpc) is 3.05. The third-order valence-corrected chi connectivity index (χ3v) is 4.13. The minimum absolute atomic E-state index is 0.485. The molecule has 0 radical (unpaired) electrons. The fraction of sp³-hybridized carbons (Fsp3) is 0.538. The van der Waals surface area contributed by atoms with Crippen LogP contribution in [0.1, 0.15) is 25.7 Å². The maximum Gasteiger partial charge on any atom is 0.138 e. The van der Waals surface area contributed by atoms with Crippen molar-refractivity contribution in [3.8, 4) is 0 Å². The number of ether oxygens (including phenoxy) is 1. The van der Waals surface area contributed by atoms with Crippen molar-refractivity contribution in [3.63, 3.8) is 0 Å². The molecule has 2 heterocycles. The SMILES string of the molecule is c1nc(NCCOC2CCCC2)c2ccsc2n1. The standard InChI is InChI=1S/C13H17N3OS/c1-2-4-10(3-1)17-7-6-14-12-11-5-8-18-13(11)16-9-15-12/h5,8-10H,1-4,6-7H2,(H,14,15,16). The smallest absolute Gasteiger partial charge is 0.138 e. The van der Waals surface area contributed by atoms with E-state index in [2.05, 4.69) is 21.4 Å². The molecule has 2 aromatic rings. The summed E-state index contributed by atoms with van der Waals surface area (Å²) in [5.41, 5.74) is 0. The molecule has 4 nitrogen and oxygen atoms in total. The van der Waals surface area contributed by atoms with Crippen LogP contribution in [0.2, 0.25) is 0 Å². The van der Waals surface area contributed by atoms with Crippen LogP contribution in [0.4, 0.5) is 5.82 Å². The van der Waals surface area contributed by atoms with Crippen LogP contribution in [0, 0.1) is 0 Å². The molecule has 2 aromatic heterocycles. The number of nitrogens with zero attached hydrogens (tertiary/aromatic N) is 2. The van der Waals surface area contributed by atoms with Crippen molar-refractivity contribution in [2.75, 3.05) is 18.5 Å². The van der Waals surface area contributed by atoms with Crippen molar-refractivity contribution in [1.82, 2.24) is 9.97 Å². The van der Waals surface area contributed by atoms with E-state index >= 15 is 0 Å². The monoisotopic (exact) mass is 263 g/mol. The van der Waals surface area contributed by atoms with Gasteiger partial charge in [-0.2, -0.15) is 0 Å². The maximum atomic E-state index is 5.81. The molecule has 0 atom stereocenters. The Morgan fingerprint density at radius 1 is 1.33 bits per heavy atom. The third-order valence-electron chi connectivity index (χ3n) is 3.31. The number of aromatic nitrogens is 2. The Morgan fingerprint density at radius 3 is 3.11 bits per heavy atom. The van der Waals surface area contributed by atoms with Crippen LogP contribution in [0.15, 0.2) is 17.8 Å². The van der Waals surface area contributed by atoms with Gasteiger partial charge >= 0.3 is 0 Å². The normalized spacial score (nSPS) is 16.4. The van der Waals surface area contributed by atoms with Gasteiger partial charge in [-0.1, -0.05) is 12.8 Å². The molecule has 0 bridgehead atoms. The van der Waals surface area contributed by atoms with Crippen LogP contribution in [0.5, 0.6) is 0 Å². The number of nitrogens with one attached hydrogen (secondary N) is 1. The van der Waals surface area contributed by atoms with Gasteiger partial charge in [0.15, 0.2) is 0 Å². The van der Waals surface area contributed by atoms with Gasteiger partial charge in [-0.3, -0.25) is 0 Å². The Kier molecular flexibility index (Phi) is 3.71. The molecular formula is C13H17N3OS. The van der Waals surface area contributed by atoms with Crippen molar-refractivity contribution < 1.29 is 4.74 Å². The molecule has 1 saturated carbocycles. The van der Waals surface area contributed by atoms with Crippen molar-refractivity contribution in [2.45, 2.75) is 31.8 Å². The quantitative estimate of drug-likeness (QED) is 0.842. The summed E-state index contributed by atoms with van der Waals surface area (Å²) in [6.45, 7) is 1.55. The van der Waals surface area contributed by atoms with Gasteiger partial charge in [0.2, 0.25) is 0 Å². The molecule has 1 aliphatic rings. The second-order valence-electron chi connectivity index (χ2n) is 4.57. The fourth-order valence-electron chi connectivity index (χ4n) is 2.38. The van der Waals surface area contributed by atoms with Crippen molar-refractivity contribution >= 4 is 27.4 Å². The van der Waals surface area contributed by atoms with Gasteiger partial charge < -0.3 is 10.1 Å². The van der Waals surface area contributed by atoms with Crippen molar-refractivity contribution in [3.05, 3.63) is 17.8 Å². The van der Waals surface area contributed by atoms with Gasteiger partial charge in [0.1, 0.15) is 17.0 Å². The van der Waals surface area contributed by atoms with Crippen LogP contribution < -0.4 is 5.32 Å². The zero-order valence-electron chi connectivity index (χ0n) is 10.3. The summed E-state index contributed by atoms with van der Waals surface area (Å²) in [6, 6.07) is 2.06. The summed E-state index contributed by atoms with van der Waals surface area (Å²) in [4.78, 5) is 9.54. The van der Waals surface area contributed by atoms with Crippen LogP contribution in [0.25, 0.3) is 10.2 Å². The second-order valence-corrected chi connectivity index (χ2v) is 5.46. The minimum Gasteiger partial charge on any atom is -0.376 e. The Bertz CT molecular complexity index is 508. The second kappa shape index (κ2) is 5.63. The molecule has 1 N–H and O–H groups in total. The van der Waals surface area contributed by atoms with E-state index in [-0.39, 0.29) is 0 Å². The Labute approximate surface area is 110 Å². The molecule has 0 unspecified atom stereocenters. The van der Waals surface area contributed by atoms with E-state index in [0.29, 0.717) is 6.10 Å².